The minimum atomic E-state index is -4.33. The summed E-state index contributed by atoms with van der Waals surface area (Å²) in [6.07, 6.45) is 2.04. The van der Waals surface area contributed by atoms with Crippen LogP contribution in [0.4, 0.5) is 13.2 Å². The fraction of sp³-hybridized carbons (Fsp3) is 0.516. The molecule has 0 bridgehead atoms. The van der Waals surface area contributed by atoms with Gasteiger partial charge in [0.05, 0.1) is 16.7 Å². The SMILES string of the molecule is CCCC(C)c1cnc2ccc(C3(O)CCN(Cc4ccc(C(F)(F)F)cc4)CC3(CC)CC)cc2c1. The normalized spacial score (nSPS) is 21.3. The van der Waals surface area contributed by atoms with Crippen molar-refractivity contribution in [3.63, 3.8) is 0 Å². The van der Waals surface area contributed by atoms with Crippen LogP contribution in [-0.4, -0.2) is 28.1 Å². The van der Waals surface area contributed by atoms with E-state index in [0.29, 0.717) is 32.0 Å². The van der Waals surface area contributed by atoms with E-state index in [0.717, 1.165) is 59.8 Å². The Balaban J connectivity index is 1.61. The highest BCUT2D eigenvalue weighted by Gasteiger charge is 2.52. The van der Waals surface area contributed by atoms with Crippen LogP contribution in [0.25, 0.3) is 10.9 Å². The molecule has 1 fully saturated rings. The Morgan fingerprint density at radius 3 is 2.35 bits per heavy atom. The monoisotopic (exact) mass is 512 g/mol. The number of rotatable bonds is 8. The van der Waals surface area contributed by atoms with Gasteiger partial charge in [-0.05, 0) is 78.6 Å². The molecule has 0 spiro atoms. The second kappa shape index (κ2) is 10.7. The molecule has 1 saturated heterocycles. The number of likely N-dealkylation sites (tertiary alicyclic amines) is 1. The Morgan fingerprint density at radius 2 is 1.73 bits per heavy atom. The second-order valence-corrected chi connectivity index (χ2v) is 10.9. The third kappa shape index (κ3) is 5.42. The predicted octanol–water partition coefficient (Wildman–Crippen LogP) is 8.06. The topological polar surface area (TPSA) is 36.4 Å². The molecule has 2 aromatic carbocycles. The highest BCUT2D eigenvalue weighted by atomic mass is 19.4. The number of piperidine rings is 1. The van der Waals surface area contributed by atoms with E-state index >= 15 is 0 Å². The third-order valence-electron chi connectivity index (χ3n) is 8.71. The van der Waals surface area contributed by atoms with Gasteiger partial charge in [-0.2, -0.15) is 13.2 Å². The van der Waals surface area contributed by atoms with Crippen LogP contribution >= 0.6 is 0 Å². The van der Waals surface area contributed by atoms with Gasteiger partial charge in [-0.3, -0.25) is 9.88 Å². The Morgan fingerprint density at radius 1 is 1.03 bits per heavy atom. The van der Waals surface area contributed by atoms with Crippen molar-refractivity contribution in [1.29, 1.82) is 0 Å². The third-order valence-corrected chi connectivity index (χ3v) is 8.71. The van der Waals surface area contributed by atoms with E-state index in [-0.39, 0.29) is 5.41 Å². The summed E-state index contributed by atoms with van der Waals surface area (Å²) in [4.78, 5) is 6.97. The average molecular weight is 513 g/mol. The van der Waals surface area contributed by atoms with Crippen LogP contribution in [0.3, 0.4) is 0 Å². The molecule has 3 nitrogen and oxygen atoms in total. The summed E-state index contributed by atoms with van der Waals surface area (Å²) in [6.45, 7) is 10.6. The smallest absolute Gasteiger partial charge is 0.384 e. The molecule has 4 rings (SSSR count). The summed E-state index contributed by atoms with van der Waals surface area (Å²) in [5, 5.41) is 13.4. The molecule has 2 atom stereocenters. The largest absolute Gasteiger partial charge is 0.416 e. The molecule has 0 saturated carbocycles. The van der Waals surface area contributed by atoms with Crippen molar-refractivity contribution in [3.05, 3.63) is 77.0 Å². The van der Waals surface area contributed by atoms with E-state index < -0.39 is 17.3 Å². The lowest BCUT2D eigenvalue weighted by Gasteiger charge is -2.54. The number of aliphatic hydroxyl groups is 1. The first-order valence-corrected chi connectivity index (χ1v) is 13.6. The van der Waals surface area contributed by atoms with Gasteiger partial charge in [0, 0.05) is 36.6 Å². The van der Waals surface area contributed by atoms with Gasteiger partial charge >= 0.3 is 6.18 Å². The summed E-state index contributed by atoms with van der Waals surface area (Å²) in [5.74, 6) is 0.437. The highest BCUT2D eigenvalue weighted by Crippen LogP contribution is 2.51. The number of alkyl halides is 3. The summed E-state index contributed by atoms with van der Waals surface area (Å²) >= 11 is 0. The maximum atomic E-state index is 13.0. The van der Waals surface area contributed by atoms with Gasteiger partial charge in [0.15, 0.2) is 0 Å². The van der Waals surface area contributed by atoms with Crippen molar-refractivity contribution in [1.82, 2.24) is 9.88 Å². The van der Waals surface area contributed by atoms with Crippen LogP contribution in [-0.2, 0) is 18.3 Å². The molecular formula is C31H39F3N2O. The molecule has 1 aliphatic heterocycles. The molecule has 1 aliphatic rings. The zero-order chi connectivity index (χ0) is 26.8. The van der Waals surface area contributed by atoms with E-state index in [4.69, 9.17) is 4.98 Å². The lowest BCUT2D eigenvalue weighted by molar-refractivity contribution is -0.148. The molecule has 6 heteroatoms. The average Bonchev–Trinajstić information content (AvgIpc) is 2.89. The minimum Gasteiger partial charge on any atom is -0.384 e. The van der Waals surface area contributed by atoms with Gasteiger partial charge in [-0.15, -0.1) is 0 Å². The van der Waals surface area contributed by atoms with E-state index in [9.17, 15) is 18.3 Å². The molecule has 3 aromatic rings. The number of pyridine rings is 1. The first-order valence-electron chi connectivity index (χ1n) is 13.6. The first kappa shape index (κ1) is 27.6. The molecule has 2 heterocycles. The number of aromatic nitrogens is 1. The van der Waals surface area contributed by atoms with Crippen LogP contribution < -0.4 is 0 Å². The molecule has 1 N–H and O–H groups in total. The van der Waals surface area contributed by atoms with E-state index in [1.165, 1.54) is 5.56 Å². The van der Waals surface area contributed by atoms with Gasteiger partial charge < -0.3 is 5.11 Å². The summed E-state index contributed by atoms with van der Waals surface area (Å²) in [5.41, 5.74) is 1.95. The lowest BCUT2D eigenvalue weighted by Crippen LogP contribution is -2.57. The van der Waals surface area contributed by atoms with Gasteiger partial charge in [0.1, 0.15) is 0 Å². The molecule has 2 unspecified atom stereocenters. The van der Waals surface area contributed by atoms with Crippen LogP contribution in [0.5, 0.6) is 0 Å². The highest BCUT2D eigenvalue weighted by molar-refractivity contribution is 5.80. The molecule has 200 valence electrons. The zero-order valence-corrected chi connectivity index (χ0v) is 22.4. The summed E-state index contributed by atoms with van der Waals surface area (Å²) in [7, 11) is 0. The van der Waals surface area contributed by atoms with Crippen molar-refractivity contribution in [2.24, 2.45) is 5.41 Å². The fourth-order valence-corrected chi connectivity index (χ4v) is 6.20. The Kier molecular flexibility index (Phi) is 8.01. The van der Waals surface area contributed by atoms with Crippen molar-refractivity contribution in [2.75, 3.05) is 13.1 Å². The maximum absolute atomic E-state index is 13.0. The van der Waals surface area contributed by atoms with Gasteiger partial charge in [0.25, 0.3) is 0 Å². The van der Waals surface area contributed by atoms with Crippen molar-refractivity contribution in [2.45, 2.75) is 84.0 Å². The van der Waals surface area contributed by atoms with Crippen molar-refractivity contribution in [3.8, 4) is 0 Å². The number of benzene rings is 2. The van der Waals surface area contributed by atoms with E-state index in [1.807, 2.05) is 18.3 Å². The van der Waals surface area contributed by atoms with Crippen molar-refractivity contribution >= 4 is 10.9 Å². The molecule has 37 heavy (non-hydrogen) atoms. The second-order valence-electron chi connectivity index (χ2n) is 10.9. The number of hydrogen-bond donors (Lipinski definition) is 1. The van der Waals surface area contributed by atoms with Gasteiger partial charge in [-0.25, -0.2) is 0 Å². The molecular weight excluding hydrogens is 473 g/mol. The van der Waals surface area contributed by atoms with Gasteiger partial charge in [-0.1, -0.05) is 52.3 Å². The molecule has 1 aromatic heterocycles. The summed E-state index contributed by atoms with van der Waals surface area (Å²) < 4.78 is 38.9. The number of nitrogens with zero attached hydrogens (tertiary/aromatic N) is 2. The number of fused-ring (bicyclic) bond motifs is 1. The Labute approximate surface area is 218 Å². The van der Waals surface area contributed by atoms with Crippen LogP contribution in [0, 0.1) is 5.41 Å². The summed E-state index contributed by atoms with van der Waals surface area (Å²) in [6, 6.07) is 13.8. The molecule has 0 radical (unpaired) electrons. The number of hydrogen-bond acceptors (Lipinski definition) is 3. The van der Waals surface area contributed by atoms with Crippen molar-refractivity contribution < 1.29 is 18.3 Å². The Bertz CT molecular complexity index is 1200. The fourth-order valence-electron chi connectivity index (χ4n) is 6.20. The van der Waals surface area contributed by atoms with E-state index in [1.54, 1.807) is 12.1 Å². The lowest BCUT2D eigenvalue weighted by atomic mass is 9.61. The maximum Gasteiger partial charge on any atom is 0.416 e. The van der Waals surface area contributed by atoms with Crippen LogP contribution in [0.15, 0.2) is 54.7 Å². The first-order chi connectivity index (χ1) is 17.5. The van der Waals surface area contributed by atoms with E-state index in [2.05, 4.69) is 44.7 Å². The number of halogens is 3. The standard InChI is InChI=1S/C31H39F3N2O/c1-5-8-22(4)25-17-24-18-27(13-14-28(24)35-19-25)30(37)15-16-36(21-29(30,6-2)7-3)20-23-9-11-26(12-10-23)31(32,33)34/h9-14,17-19,22,37H,5-8,15-16,20-21H2,1-4H3. The molecule has 0 aliphatic carbocycles. The zero-order valence-electron chi connectivity index (χ0n) is 22.4. The predicted molar refractivity (Wildman–Crippen MR) is 143 cm³/mol. The van der Waals surface area contributed by atoms with Crippen LogP contribution in [0.1, 0.15) is 88.0 Å². The van der Waals surface area contributed by atoms with Crippen LogP contribution in [0.2, 0.25) is 0 Å². The van der Waals surface area contributed by atoms with Gasteiger partial charge in [0.2, 0.25) is 0 Å². The minimum absolute atomic E-state index is 0.370. The Hall–Kier alpha value is -2.44. The molecule has 0 amide bonds. The quantitative estimate of drug-likeness (QED) is 0.332.